The van der Waals surface area contributed by atoms with Crippen LogP contribution in [0.4, 0.5) is 5.82 Å². The Labute approximate surface area is 132 Å². The lowest BCUT2D eigenvalue weighted by Gasteiger charge is -2.34. The number of rotatable bonds is 4. The summed E-state index contributed by atoms with van der Waals surface area (Å²) in [5, 5.41) is 0. The number of sulfonamides is 1. The fourth-order valence-corrected chi connectivity index (χ4v) is 4.65. The molecule has 0 bridgehead atoms. The first-order valence-corrected chi connectivity index (χ1v) is 9.12. The average Bonchev–Trinajstić information content (AvgIpc) is 3.32. The van der Waals surface area contributed by atoms with Crippen LogP contribution in [-0.4, -0.2) is 54.8 Å². The minimum atomic E-state index is -3.58. The van der Waals surface area contributed by atoms with Crippen molar-refractivity contribution in [2.24, 2.45) is 5.84 Å². The van der Waals surface area contributed by atoms with Crippen molar-refractivity contribution in [1.29, 1.82) is 0 Å². The Morgan fingerprint density at radius 2 is 1.95 bits per heavy atom. The summed E-state index contributed by atoms with van der Waals surface area (Å²) in [5.41, 5.74) is 2.36. The minimum Gasteiger partial charge on any atom is -0.307 e. The minimum absolute atomic E-state index is 0.110. The zero-order valence-corrected chi connectivity index (χ0v) is 13.9. The molecule has 0 spiro atoms. The summed E-state index contributed by atoms with van der Waals surface area (Å²) in [6.45, 7) is 2.60. The van der Waals surface area contributed by atoms with Crippen molar-refractivity contribution in [2.75, 3.05) is 31.6 Å². The summed E-state index contributed by atoms with van der Waals surface area (Å²) >= 11 is 3.26. The normalized spacial score (nSPS) is 21.4. The number of pyridine rings is 1. The van der Waals surface area contributed by atoms with Crippen LogP contribution in [0.1, 0.15) is 12.8 Å². The second kappa shape index (κ2) is 5.81. The standard InChI is InChI=1S/C12H18BrN5O2S/c13-9-7-11(12(16-14)15-8-9)21(19,20)18-5-3-17(4-6-18)10-1-2-10/h7-8,10H,1-6,14H2,(H,15,16). The molecule has 2 fully saturated rings. The van der Waals surface area contributed by atoms with Crippen LogP contribution in [0.5, 0.6) is 0 Å². The van der Waals surface area contributed by atoms with Crippen molar-refractivity contribution in [3.05, 3.63) is 16.7 Å². The van der Waals surface area contributed by atoms with Crippen molar-refractivity contribution >= 4 is 31.8 Å². The maximum Gasteiger partial charge on any atom is 0.246 e. The van der Waals surface area contributed by atoms with Crippen molar-refractivity contribution in [3.8, 4) is 0 Å². The van der Waals surface area contributed by atoms with Crippen LogP contribution in [0.3, 0.4) is 0 Å². The van der Waals surface area contributed by atoms with E-state index in [0.29, 0.717) is 23.6 Å². The van der Waals surface area contributed by atoms with E-state index in [-0.39, 0.29) is 10.7 Å². The number of nitrogens with one attached hydrogen (secondary N) is 1. The van der Waals surface area contributed by atoms with E-state index in [1.807, 2.05) is 0 Å². The van der Waals surface area contributed by atoms with Crippen molar-refractivity contribution in [3.63, 3.8) is 0 Å². The second-order valence-corrected chi connectivity index (χ2v) is 8.14. The quantitative estimate of drug-likeness (QED) is 0.591. The van der Waals surface area contributed by atoms with Gasteiger partial charge < -0.3 is 5.43 Å². The molecule has 1 saturated carbocycles. The number of halogens is 1. The molecule has 0 aromatic carbocycles. The fourth-order valence-electron chi connectivity index (χ4n) is 2.61. The van der Waals surface area contributed by atoms with Crippen molar-refractivity contribution in [1.82, 2.24) is 14.2 Å². The van der Waals surface area contributed by atoms with Gasteiger partial charge in [0, 0.05) is 42.9 Å². The molecule has 7 nitrogen and oxygen atoms in total. The van der Waals surface area contributed by atoms with Gasteiger partial charge in [-0.2, -0.15) is 4.31 Å². The summed E-state index contributed by atoms with van der Waals surface area (Å²) in [6, 6.07) is 2.20. The van der Waals surface area contributed by atoms with Gasteiger partial charge >= 0.3 is 0 Å². The zero-order valence-electron chi connectivity index (χ0n) is 11.5. The largest absolute Gasteiger partial charge is 0.307 e. The molecule has 1 aromatic heterocycles. The number of hydrogen-bond acceptors (Lipinski definition) is 6. The van der Waals surface area contributed by atoms with Gasteiger partial charge in [-0.3, -0.25) is 4.90 Å². The monoisotopic (exact) mass is 375 g/mol. The van der Waals surface area contributed by atoms with Crippen LogP contribution in [0, 0.1) is 0 Å². The number of nitrogen functional groups attached to an aromatic ring is 1. The number of nitrogens with two attached hydrogens (primary N) is 1. The smallest absolute Gasteiger partial charge is 0.246 e. The molecule has 0 unspecified atom stereocenters. The molecule has 1 aliphatic heterocycles. The molecule has 1 aliphatic carbocycles. The Morgan fingerprint density at radius 3 is 2.52 bits per heavy atom. The lowest BCUT2D eigenvalue weighted by Crippen LogP contribution is -2.49. The third-order valence-corrected chi connectivity index (χ3v) is 6.26. The predicted molar refractivity (Wildman–Crippen MR) is 83.1 cm³/mol. The summed E-state index contributed by atoms with van der Waals surface area (Å²) in [5.74, 6) is 5.55. The van der Waals surface area contributed by atoms with E-state index in [1.165, 1.54) is 29.4 Å². The molecule has 116 valence electrons. The van der Waals surface area contributed by atoms with Crippen LogP contribution < -0.4 is 11.3 Å². The number of anilines is 1. The van der Waals surface area contributed by atoms with E-state index in [9.17, 15) is 8.42 Å². The number of nitrogens with zero attached hydrogens (tertiary/aromatic N) is 3. The Balaban J connectivity index is 1.82. The lowest BCUT2D eigenvalue weighted by molar-refractivity contribution is 0.180. The highest BCUT2D eigenvalue weighted by Gasteiger charge is 2.35. The maximum atomic E-state index is 12.8. The first-order valence-electron chi connectivity index (χ1n) is 6.89. The molecule has 3 N–H and O–H groups in total. The molecule has 9 heteroatoms. The molecule has 21 heavy (non-hydrogen) atoms. The van der Waals surface area contributed by atoms with Crippen molar-refractivity contribution in [2.45, 2.75) is 23.8 Å². The van der Waals surface area contributed by atoms with E-state index >= 15 is 0 Å². The Bertz CT molecular complexity index is 627. The first-order chi connectivity index (χ1) is 10.0. The summed E-state index contributed by atoms with van der Waals surface area (Å²) < 4.78 is 27.6. The number of aromatic nitrogens is 1. The summed E-state index contributed by atoms with van der Waals surface area (Å²) in [7, 11) is -3.58. The SMILES string of the molecule is NNc1ncc(Br)cc1S(=O)(=O)N1CCN(C2CC2)CC1. The fraction of sp³-hybridized carbons (Fsp3) is 0.583. The van der Waals surface area contributed by atoms with Gasteiger partial charge in [0.15, 0.2) is 5.82 Å². The van der Waals surface area contributed by atoms with E-state index in [0.717, 1.165) is 13.1 Å². The molecule has 0 radical (unpaired) electrons. The molecule has 0 atom stereocenters. The molecular weight excluding hydrogens is 358 g/mol. The van der Waals surface area contributed by atoms with Gasteiger partial charge in [-0.05, 0) is 34.8 Å². The highest BCUT2D eigenvalue weighted by atomic mass is 79.9. The topological polar surface area (TPSA) is 91.6 Å². The van der Waals surface area contributed by atoms with E-state index in [1.54, 1.807) is 0 Å². The van der Waals surface area contributed by atoms with Gasteiger partial charge in [-0.1, -0.05) is 0 Å². The highest BCUT2D eigenvalue weighted by Crippen LogP contribution is 2.30. The van der Waals surface area contributed by atoms with Crippen molar-refractivity contribution < 1.29 is 8.42 Å². The number of hydrazine groups is 1. The molecular formula is C12H18BrN5O2S. The van der Waals surface area contributed by atoms with Gasteiger partial charge in [-0.25, -0.2) is 19.2 Å². The van der Waals surface area contributed by atoms with Gasteiger partial charge in [0.05, 0.1) is 0 Å². The van der Waals surface area contributed by atoms with Crippen LogP contribution in [-0.2, 0) is 10.0 Å². The van der Waals surface area contributed by atoms with Gasteiger partial charge in [0.1, 0.15) is 4.90 Å². The van der Waals surface area contributed by atoms with E-state index in [4.69, 9.17) is 5.84 Å². The molecule has 0 amide bonds. The second-order valence-electron chi connectivity index (χ2n) is 5.32. The Hall–Kier alpha value is -0.740. The van der Waals surface area contributed by atoms with E-state index in [2.05, 4.69) is 31.2 Å². The molecule has 2 heterocycles. The average molecular weight is 376 g/mol. The van der Waals surface area contributed by atoms with Gasteiger partial charge in [0.25, 0.3) is 0 Å². The summed E-state index contributed by atoms with van der Waals surface area (Å²) in [6.07, 6.45) is 3.99. The molecule has 1 aromatic rings. The third kappa shape index (κ3) is 3.07. The van der Waals surface area contributed by atoms with Crippen LogP contribution >= 0.6 is 15.9 Å². The Kier molecular flexibility index (Phi) is 4.19. The zero-order chi connectivity index (χ0) is 15.0. The first kappa shape index (κ1) is 15.2. The van der Waals surface area contributed by atoms with Crippen LogP contribution in [0.25, 0.3) is 0 Å². The number of hydrogen-bond donors (Lipinski definition) is 2. The lowest BCUT2D eigenvalue weighted by atomic mass is 10.3. The molecule has 2 aliphatic rings. The van der Waals surface area contributed by atoms with Gasteiger partial charge in [-0.15, -0.1) is 0 Å². The highest BCUT2D eigenvalue weighted by molar-refractivity contribution is 9.10. The molecule has 1 saturated heterocycles. The third-order valence-electron chi connectivity index (χ3n) is 3.91. The maximum absolute atomic E-state index is 12.8. The van der Waals surface area contributed by atoms with Crippen LogP contribution in [0.2, 0.25) is 0 Å². The Morgan fingerprint density at radius 1 is 1.29 bits per heavy atom. The molecule has 3 rings (SSSR count). The van der Waals surface area contributed by atoms with E-state index < -0.39 is 10.0 Å². The van der Waals surface area contributed by atoms with Crippen LogP contribution in [0.15, 0.2) is 21.6 Å². The van der Waals surface area contributed by atoms with Gasteiger partial charge in [0.2, 0.25) is 10.0 Å². The number of piperazine rings is 1. The predicted octanol–water partition coefficient (Wildman–Crippen LogP) is 0.598. The summed E-state index contributed by atoms with van der Waals surface area (Å²) in [4.78, 5) is 6.49.